The fraction of sp³-hybridized carbons (Fsp3) is 0.100. The maximum absolute atomic E-state index is 11.5. The summed E-state index contributed by atoms with van der Waals surface area (Å²) in [5.74, 6) is -1.08. The Morgan fingerprint density at radius 3 is 2.78 bits per heavy atom. The van der Waals surface area contributed by atoms with Crippen molar-refractivity contribution in [3.05, 3.63) is 36.5 Å². The number of aromatic nitrogens is 4. The van der Waals surface area contributed by atoms with E-state index in [9.17, 15) is 9.59 Å². The standard InChI is InChI=1S/C10H9N5O3/c16-9(17)4-13-10(18)7-1-2-8(12-3-7)15-6-11-5-14-15/h1-3,5-6H,4H2,(H,13,18)(H,16,17). The summed E-state index contributed by atoms with van der Waals surface area (Å²) in [6.07, 6.45) is 4.19. The molecule has 0 aliphatic heterocycles. The average molecular weight is 247 g/mol. The largest absolute Gasteiger partial charge is 0.480 e. The lowest BCUT2D eigenvalue weighted by molar-refractivity contribution is -0.135. The number of amides is 1. The molecule has 2 heterocycles. The highest BCUT2D eigenvalue weighted by Crippen LogP contribution is 2.03. The molecule has 92 valence electrons. The Balaban J connectivity index is 2.08. The van der Waals surface area contributed by atoms with Crippen LogP contribution < -0.4 is 5.32 Å². The van der Waals surface area contributed by atoms with Gasteiger partial charge in [0.05, 0.1) is 5.56 Å². The van der Waals surface area contributed by atoms with Crippen molar-refractivity contribution in [3.63, 3.8) is 0 Å². The van der Waals surface area contributed by atoms with Gasteiger partial charge in [0.1, 0.15) is 19.2 Å². The Bertz CT molecular complexity index is 549. The number of rotatable bonds is 4. The molecule has 8 nitrogen and oxygen atoms in total. The number of pyridine rings is 1. The molecule has 0 fully saturated rings. The highest BCUT2D eigenvalue weighted by Gasteiger charge is 2.08. The minimum Gasteiger partial charge on any atom is -0.480 e. The Morgan fingerprint density at radius 1 is 1.39 bits per heavy atom. The van der Waals surface area contributed by atoms with Crippen molar-refractivity contribution in [2.75, 3.05) is 6.54 Å². The minimum atomic E-state index is -1.10. The fourth-order valence-corrected chi connectivity index (χ4v) is 1.24. The molecule has 0 aromatic carbocycles. The third kappa shape index (κ3) is 2.67. The third-order valence-electron chi connectivity index (χ3n) is 2.06. The van der Waals surface area contributed by atoms with Crippen LogP contribution in [0.15, 0.2) is 31.0 Å². The van der Waals surface area contributed by atoms with Gasteiger partial charge in [0.2, 0.25) is 0 Å². The molecule has 2 N–H and O–H groups in total. The Kier molecular flexibility index (Phi) is 3.28. The zero-order valence-corrected chi connectivity index (χ0v) is 9.15. The van der Waals surface area contributed by atoms with E-state index in [4.69, 9.17) is 5.11 Å². The van der Waals surface area contributed by atoms with Gasteiger partial charge in [0.25, 0.3) is 5.91 Å². The van der Waals surface area contributed by atoms with Crippen LogP contribution in [0.2, 0.25) is 0 Å². The molecule has 2 aromatic rings. The van der Waals surface area contributed by atoms with Crippen LogP contribution in [0.25, 0.3) is 5.82 Å². The van der Waals surface area contributed by atoms with Gasteiger partial charge in [-0.3, -0.25) is 9.59 Å². The lowest BCUT2D eigenvalue weighted by Crippen LogP contribution is -2.29. The Morgan fingerprint density at radius 2 is 2.22 bits per heavy atom. The highest BCUT2D eigenvalue weighted by molar-refractivity contribution is 5.95. The summed E-state index contributed by atoms with van der Waals surface area (Å²) in [6.45, 7) is -0.427. The van der Waals surface area contributed by atoms with Crippen LogP contribution in [-0.4, -0.2) is 43.3 Å². The summed E-state index contributed by atoms with van der Waals surface area (Å²) in [4.78, 5) is 29.6. The molecule has 0 bridgehead atoms. The molecule has 0 radical (unpaired) electrons. The van der Waals surface area contributed by atoms with Crippen LogP contribution in [0.1, 0.15) is 10.4 Å². The summed E-state index contributed by atoms with van der Waals surface area (Å²) in [6, 6.07) is 3.12. The normalized spacial score (nSPS) is 10.0. The summed E-state index contributed by atoms with van der Waals surface area (Å²) in [7, 11) is 0. The Labute approximate surface area is 101 Å². The van der Waals surface area contributed by atoms with Gasteiger partial charge >= 0.3 is 5.97 Å². The third-order valence-corrected chi connectivity index (χ3v) is 2.06. The minimum absolute atomic E-state index is 0.278. The van der Waals surface area contributed by atoms with Gasteiger partial charge in [-0.15, -0.1) is 0 Å². The van der Waals surface area contributed by atoms with Crippen molar-refractivity contribution >= 4 is 11.9 Å². The molecular formula is C10H9N5O3. The van der Waals surface area contributed by atoms with E-state index >= 15 is 0 Å². The number of carbonyl (C=O) groups is 2. The van der Waals surface area contributed by atoms with Crippen molar-refractivity contribution in [1.82, 2.24) is 25.1 Å². The smallest absolute Gasteiger partial charge is 0.322 e. The number of carboxylic acid groups (broad SMARTS) is 1. The van der Waals surface area contributed by atoms with Crippen LogP contribution >= 0.6 is 0 Å². The molecule has 0 aliphatic rings. The molecule has 0 aliphatic carbocycles. The zero-order valence-electron chi connectivity index (χ0n) is 9.15. The van der Waals surface area contributed by atoms with E-state index in [1.807, 2.05) is 0 Å². The molecule has 2 aromatic heterocycles. The molecule has 0 spiro atoms. The SMILES string of the molecule is O=C(O)CNC(=O)c1ccc(-n2cncn2)nc1. The summed E-state index contributed by atoms with van der Waals surface area (Å²) in [5.41, 5.74) is 0.278. The number of carbonyl (C=O) groups excluding carboxylic acids is 1. The van der Waals surface area contributed by atoms with E-state index in [0.29, 0.717) is 5.82 Å². The first-order valence-electron chi connectivity index (χ1n) is 4.98. The van der Waals surface area contributed by atoms with E-state index < -0.39 is 18.4 Å². The van der Waals surface area contributed by atoms with Crippen molar-refractivity contribution < 1.29 is 14.7 Å². The monoisotopic (exact) mass is 247 g/mol. The molecule has 8 heteroatoms. The van der Waals surface area contributed by atoms with Crippen LogP contribution in [0.5, 0.6) is 0 Å². The maximum Gasteiger partial charge on any atom is 0.322 e. The molecule has 0 saturated carbocycles. The molecule has 1 amide bonds. The van der Waals surface area contributed by atoms with Crippen LogP contribution in [0.4, 0.5) is 0 Å². The van der Waals surface area contributed by atoms with Gasteiger partial charge in [-0.2, -0.15) is 5.10 Å². The predicted octanol–water partition coefficient (Wildman–Crippen LogP) is -0.523. The van der Waals surface area contributed by atoms with E-state index in [2.05, 4.69) is 20.4 Å². The van der Waals surface area contributed by atoms with Crippen molar-refractivity contribution in [1.29, 1.82) is 0 Å². The average Bonchev–Trinajstić information content (AvgIpc) is 2.90. The molecule has 2 rings (SSSR count). The van der Waals surface area contributed by atoms with Gasteiger partial charge in [-0.25, -0.2) is 14.6 Å². The molecular weight excluding hydrogens is 238 g/mol. The van der Waals surface area contributed by atoms with E-state index in [1.54, 1.807) is 6.07 Å². The quantitative estimate of drug-likeness (QED) is 0.752. The summed E-state index contributed by atoms with van der Waals surface area (Å²) in [5, 5.41) is 14.6. The maximum atomic E-state index is 11.5. The zero-order chi connectivity index (χ0) is 13.0. The second-order valence-electron chi connectivity index (χ2n) is 3.32. The van der Waals surface area contributed by atoms with E-state index in [1.165, 1.54) is 29.6 Å². The van der Waals surface area contributed by atoms with Crippen LogP contribution in [0.3, 0.4) is 0 Å². The topological polar surface area (TPSA) is 110 Å². The lowest BCUT2D eigenvalue weighted by atomic mass is 10.2. The number of carboxylic acids is 1. The van der Waals surface area contributed by atoms with E-state index in [0.717, 1.165) is 0 Å². The van der Waals surface area contributed by atoms with Crippen LogP contribution in [0, 0.1) is 0 Å². The van der Waals surface area contributed by atoms with Gasteiger partial charge in [0, 0.05) is 6.20 Å². The second-order valence-corrected chi connectivity index (χ2v) is 3.32. The van der Waals surface area contributed by atoms with Crippen LogP contribution in [-0.2, 0) is 4.79 Å². The first kappa shape index (κ1) is 11.7. The second kappa shape index (κ2) is 5.04. The van der Waals surface area contributed by atoms with Gasteiger partial charge in [-0.05, 0) is 12.1 Å². The highest BCUT2D eigenvalue weighted by atomic mass is 16.4. The van der Waals surface area contributed by atoms with Gasteiger partial charge in [0.15, 0.2) is 5.82 Å². The summed E-state index contributed by atoms with van der Waals surface area (Å²) < 4.78 is 1.44. The van der Waals surface area contributed by atoms with Crippen molar-refractivity contribution in [3.8, 4) is 5.82 Å². The lowest BCUT2D eigenvalue weighted by Gasteiger charge is -2.03. The molecule has 18 heavy (non-hydrogen) atoms. The molecule has 0 unspecified atom stereocenters. The summed E-state index contributed by atoms with van der Waals surface area (Å²) >= 11 is 0. The first-order valence-corrected chi connectivity index (χ1v) is 4.98. The van der Waals surface area contributed by atoms with Gasteiger partial charge < -0.3 is 10.4 Å². The molecule has 0 atom stereocenters. The van der Waals surface area contributed by atoms with Gasteiger partial charge in [-0.1, -0.05) is 0 Å². The number of nitrogens with zero attached hydrogens (tertiary/aromatic N) is 4. The first-order chi connectivity index (χ1) is 8.66. The van der Waals surface area contributed by atoms with Crippen molar-refractivity contribution in [2.45, 2.75) is 0 Å². The van der Waals surface area contributed by atoms with E-state index in [-0.39, 0.29) is 5.56 Å². The predicted molar refractivity (Wildman–Crippen MR) is 59.1 cm³/mol. The Hall–Kier alpha value is -2.77. The number of hydrogen-bond acceptors (Lipinski definition) is 5. The number of aliphatic carboxylic acids is 1. The van der Waals surface area contributed by atoms with Crippen molar-refractivity contribution in [2.24, 2.45) is 0 Å². The molecule has 0 saturated heterocycles. The number of hydrogen-bond donors (Lipinski definition) is 2. The number of nitrogens with one attached hydrogen (secondary N) is 1. The fourth-order valence-electron chi connectivity index (χ4n) is 1.24.